The van der Waals surface area contributed by atoms with E-state index in [0.717, 1.165) is 5.56 Å². The maximum atomic E-state index is 10.2. The molecule has 2 rings (SSSR count). The summed E-state index contributed by atoms with van der Waals surface area (Å²) < 4.78 is 0. The van der Waals surface area contributed by atoms with Crippen LogP contribution in [0.1, 0.15) is 35.8 Å². The van der Waals surface area contributed by atoms with E-state index in [4.69, 9.17) is 11.6 Å². The lowest BCUT2D eigenvalue weighted by Crippen LogP contribution is -2.24. The van der Waals surface area contributed by atoms with E-state index in [9.17, 15) is 5.11 Å². The second-order valence-electron chi connectivity index (χ2n) is 5.08. The molecule has 2 aromatic carbocycles. The van der Waals surface area contributed by atoms with Gasteiger partial charge in [-0.15, -0.1) is 0 Å². The molecular formula is C17H20ClNO. The molecule has 106 valence electrons. The second kappa shape index (κ2) is 6.89. The molecule has 3 heteroatoms. The number of aryl methyl sites for hydroxylation is 1. The van der Waals surface area contributed by atoms with Gasteiger partial charge in [0.1, 0.15) is 0 Å². The van der Waals surface area contributed by atoms with Gasteiger partial charge in [0.25, 0.3) is 0 Å². The van der Waals surface area contributed by atoms with Crippen molar-refractivity contribution in [1.82, 2.24) is 5.32 Å². The van der Waals surface area contributed by atoms with Gasteiger partial charge in [-0.05, 0) is 25.5 Å². The number of hydrogen-bond donors (Lipinski definition) is 2. The lowest BCUT2D eigenvalue weighted by atomic mass is 10.0. The number of aliphatic hydroxyl groups excluding tert-OH is 1. The highest BCUT2D eigenvalue weighted by atomic mass is 35.5. The largest absolute Gasteiger partial charge is 0.387 e. The normalized spacial score (nSPS) is 14.0. The first-order valence-electron chi connectivity index (χ1n) is 6.80. The Morgan fingerprint density at radius 2 is 1.90 bits per heavy atom. The Bertz CT molecular complexity index is 570. The predicted molar refractivity (Wildman–Crippen MR) is 84.0 cm³/mol. The molecule has 0 saturated heterocycles. The summed E-state index contributed by atoms with van der Waals surface area (Å²) >= 11 is 6.08. The number of hydrogen-bond acceptors (Lipinski definition) is 2. The van der Waals surface area contributed by atoms with Crippen molar-refractivity contribution >= 4 is 11.6 Å². The van der Waals surface area contributed by atoms with Crippen LogP contribution in [0.25, 0.3) is 0 Å². The van der Waals surface area contributed by atoms with Crippen LogP contribution in [0.2, 0.25) is 5.02 Å². The molecule has 0 aliphatic heterocycles. The third kappa shape index (κ3) is 3.83. The molecule has 2 atom stereocenters. The van der Waals surface area contributed by atoms with Crippen molar-refractivity contribution < 1.29 is 5.11 Å². The maximum absolute atomic E-state index is 10.2. The van der Waals surface area contributed by atoms with Gasteiger partial charge >= 0.3 is 0 Å². The minimum Gasteiger partial charge on any atom is -0.387 e. The quantitative estimate of drug-likeness (QED) is 0.871. The molecule has 2 N–H and O–H groups in total. The molecule has 0 aliphatic carbocycles. The van der Waals surface area contributed by atoms with Gasteiger partial charge < -0.3 is 10.4 Å². The first-order chi connectivity index (χ1) is 9.58. The van der Waals surface area contributed by atoms with E-state index >= 15 is 0 Å². The topological polar surface area (TPSA) is 32.3 Å². The summed E-state index contributed by atoms with van der Waals surface area (Å²) in [7, 11) is 0. The number of benzene rings is 2. The summed E-state index contributed by atoms with van der Waals surface area (Å²) in [6, 6.07) is 16.0. The van der Waals surface area contributed by atoms with Gasteiger partial charge in [-0.25, -0.2) is 0 Å². The van der Waals surface area contributed by atoms with Gasteiger partial charge in [0.05, 0.1) is 6.10 Å². The fraction of sp³-hybridized carbons (Fsp3) is 0.294. The van der Waals surface area contributed by atoms with Gasteiger partial charge in [-0.3, -0.25) is 0 Å². The highest BCUT2D eigenvalue weighted by Crippen LogP contribution is 2.23. The smallest absolute Gasteiger partial charge is 0.0928 e. The molecule has 2 aromatic rings. The zero-order valence-electron chi connectivity index (χ0n) is 11.8. The highest BCUT2D eigenvalue weighted by Gasteiger charge is 2.13. The SMILES string of the molecule is Cc1cccc([C@@H](C)NCC(O)c2ccccc2Cl)c1. The van der Waals surface area contributed by atoms with Crippen LogP contribution in [0.3, 0.4) is 0 Å². The van der Waals surface area contributed by atoms with Crippen LogP contribution in [0.5, 0.6) is 0 Å². The van der Waals surface area contributed by atoms with Gasteiger partial charge in [-0.2, -0.15) is 0 Å². The fourth-order valence-corrected chi connectivity index (χ4v) is 2.46. The lowest BCUT2D eigenvalue weighted by molar-refractivity contribution is 0.171. The third-order valence-corrected chi connectivity index (χ3v) is 3.77. The Kier molecular flexibility index (Phi) is 5.18. The number of halogens is 1. The van der Waals surface area contributed by atoms with Crippen molar-refractivity contribution in [3.8, 4) is 0 Å². The Morgan fingerprint density at radius 3 is 2.60 bits per heavy atom. The molecule has 0 aromatic heterocycles. The predicted octanol–water partition coefficient (Wildman–Crippen LogP) is 4.03. The molecule has 0 amide bonds. The standard InChI is InChI=1S/C17H20ClNO/c1-12-6-5-7-14(10-12)13(2)19-11-17(20)15-8-3-4-9-16(15)18/h3-10,13,17,19-20H,11H2,1-2H3/t13-,17?/m1/s1. The van der Waals surface area contributed by atoms with E-state index in [0.29, 0.717) is 11.6 Å². The van der Waals surface area contributed by atoms with Gasteiger partial charge in [-0.1, -0.05) is 59.6 Å². The van der Waals surface area contributed by atoms with Gasteiger partial charge in [0, 0.05) is 23.2 Å². The van der Waals surface area contributed by atoms with E-state index < -0.39 is 6.10 Å². The fourth-order valence-electron chi connectivity index (χ4n) is 2.20. The molecule has 0 heterocycles. The Hall–Kier alpha value is -1.35. The van der Waals surface area contributed by atoms with Crippen molar-refractivity contribution in [2.45, 2.75) is 26.0 Å². The average molecular weight is 290 g/mol. The number of aliphatic hydroxyl groups is 1. The second-order valence-corrected chi connectivity index (χ2v) is 5.49. The lowest BCUT2D eigenvalue weighted by Gasteiger charge is -2.18. The van der Waals surface area contributed by atoms with Crippen LogP contribution >= 0.6 is 11.6 Å². The Balaban J connectivity index is 1.97. The summed E-state index contributed by atoms with van der Waals surface area (Å²) in [5, 5.41) is 14.1. The summed E-state index contributed by atoms with van der Waals surface area (Å²) in [6.07, 6.45) is -0.601. The summed E-state index contributed by atoms with van der Waals surface area (Å²) in [5.74, 6) is 0. The average Bonchev–Trinajstić information content (AvgIpc) is 2.45. The van der Waals surface area contributed by atoms with Crippen LogP contribution in [0.15, 0.2) is 48.5 Å². The van der Waals surface area contributed by atoms with E-state index in [2.05, 4.69) is 37.4 Å². The molecule has 0 saturated carbocycles. The minimum absolute atomic E-state index is 0.187. The first kappa shape index (κ1) is 15.0. The molecule has 0 bridgehead atoms. The molecule has 1 unspecified atom stereocenters. The summed E-state index contributed by atoms with van der Waals surface area (Å²) in [5.41, 5.74) is 3.22. The van der Waals surface area contributed by atoms with E-state index in [1.807, 2.05) is 24.3 Å². The van der Waals surface area contributed by atoms with Crippen molar-refractivity contribution in [2.24, 2.45) is 0 Å². The van der Waals surface area contributed by atoms with Crippen LogP contribution < -0.4 is 5.32 Å². The molecule has 0 radical (unpaired) electrons. The molecule has 20 heavy (non-hydrogen) atoms. The summed E-state index contributed by atoms with van der Waals surface area (Å²) in [6.45, 7) is 4.64. The van der Waals surface area contributed by atoms with Crippen LogP contribution in [0, 0.1) is 6.92 Å². The van der Waals surface area contributed by atoms with Gasteiger partial charge in [0.15, 0.2) is 0 Å². The molecule has 0 aliphatic rings. The maximum Gasteiger partial charge on any atom is 0.0928 e. The van der Waals surface area contributed by atoms with Crippen LogP contribution in [-0.4, -0.2) is 11.7 Å². The van der Waals surface area contributed by atoms with Crippen molar-refractivity contribution in [3.63, 3.8) is 0 Å². The zero-order chi connectivity index (χ0) is 14.5. The first-order valence-corrected chi connectivity index (χ1v) is 7.18. The van der Waals surface area contributed by atoms with E-state index in [1.165, 1.54) is 11.1 Å². The van der Waals surface area contributed by atoms with E-state index in [1.54, 1.807) is 6.07 Å². The Morgan fingerprint density at radius 1 is 1.15 bits per heavy atom. The van der Waals surface area contributed by atoms with Crippen LogP contribution in [0.4, 0.5) is 0 Å². The molecule has 0 spiro atoms. The van der Waals surface area contributed by atoms with Crippen molar-refractivity contribution in [3.05, 3.63) is 70.2 Å². The Labute approximate surface area is 125 Å². The molecular weight excluding hydrogens is 270 g/mol. The number of nitrogens with one attached hydrogen (secondary N) is 1. The van der Waals surface area contributed by atoms with Gasteiger partial charge in [0.2, 0.25) is 0 Å². The summed E-state index contributed by atoms with van der Waals surface area (Å²) in [4.78, 5) is 0. The zero-order valence-corrected chi connectivity index (χ0v) is 12.6. The van der Waals surface area contributed by atoms with E-state index in [-0.39, 0.29) is 6.04 Å². The van der Waals surface area contributed by atoms with Crippen LogP contribution in [-0.2, 0) is 0 Å². The molecule has 2 nitrogen and oxygen atoms in total. The minimum atomic E-state index is -0.601. The number of rotatable bonds is 5. The van der Waals surface area contributed by atoms with Crippen molar-refractivity contribution in [1.29, 1.82) is 0 Å². The highest BCUT2D eigenvalue weighted by molar-refractivity contribution is 6.31. The van der Waals surface area contributed by atoms with Crippen molar-refractivity contribution in [2.75, 3.05) is 6.54 Å². The molecule has 0 fully saturated rings. The third-order valence-electron chi connectivity index (χ3n) is 3.42. The monoisotopic (exact) mass is 289 g/mol.